The van der Waals surface area contributed by atoms with Gasteiger partial charge in [-0.25, -0.2) is 0 Å². The van der Waals surface area contributed by atoms with Gasteiger partial charge in [-0.15, -0.1) is 0 Å². The Balaban J connectivity index is 2.35. The van der Waals surface area contributed by atoms with Gasteiger partial charge in [-0.3, -0.25) is 9.69 Å². The molecule has 0 bridgehead atoms. The van der Waals surface area contributed by atoms with Gasteiger partial charge in [-0.1, -0.05) is 27.7 Å². The normalized spacial score (nSPS) is 29.6. The van der Waals surface area contributed by atoms with E-state index >= 15 is 0 Å². The number of hydrogen-bond donors (Lipinski definition) is 2. The Bertz CT molecular complexity index is 353. The molecule has 1 aliphatic carbocycles. The van der Waals surface area contributed by atoms with E-state index in [1.165, 1.54) is 0 Å². The molecular weight excluding hydrogens is 252 g/mol. The van der Waals surface area contributed by atoms with Crippen LogP contribution in [0, 0.1) is 10.8 Å². The molecule has 2 aliphatic rings. The van der Waals surface area contributed by atoms with Crippen LogP contribution in [0.1, 0.15) is 53.4 Å². The lowest BCUT2D eigenvalue weighted by molar-refractivity contribution is -0.162. The van der Waals surface area contributed by atoms with Crippen LogP contribution in [0.4, 0.5) is 0 Å². The maximum absolute atomic E-state index is 12.2. The van der Waals surface area contributed by atoms with E-state index in [4.69, 9.17) is 0 Å². The Labute approximate surface area is 122 Å². The Morgan fingerprint density at radius 2 is 1.60 bits per heavy atom. The third-order valence-corrected chi connectivity index (χ3v) is 4.84. The molecule has 2 N–H and O–H groups in total. The molecule has 0 aromatic heterocycles. The van der Waals surface area contributed by atoms with Crippen LogP contribution in [0.2, 0.25) is 0 Å². The highest BCUT2D eigenvalue weighted by molar-refractivity contribution is 5.79. The van der Waals surface area contributed by atoms with E-state index in [0.717, 1.165) is 51.9 Å². The van der Waals surface area contributed by atoms with Crippen molar-refractivity contribution in [3.05, 3.63) is 0 Å². The summed E-state index contributed by atoms with van der Waals surface area (Å²) in [5.74, 6) is -0.625. The van der Waals surface area contributed by atoms with Gasteiger partial charge < -0.3 is 10.4 Å². The van der Waals surface area contributed by atoms with Crippen LogP contribution in [0.25, 0.3) is 0 Å². The van der Waals surface area contributed by atoms with Crippen LogP contribution in [-0.2, 0) is 4.79 Å². The lowest BCUT2D eigenvalue weighted by Gasteiger charge is -2.54. The van der Waals surface area contributed by atoms with Crippen LogP contribution in [0.5, 0.6) is 0 Å². The van der Waals surface area contributed by atoms with Crippen molar-refractivity contribution < 1.29 is 9.90 Å². The molecule has 0 radical (unpaired) electrons. The number of aliphatic carboxylic acids is 1. The Morgan fingerprint density at radius 3 is 2.15 bits per heavy atom. The molecule has 0 spiro atoms. The smallest absolute Gasteiger partial charge is 0.324 e. The quantitative estimate of drug-likeness (QED) is 0.816. The average molecular weight is 282 g/mol. The maximum atomic E-state index is 12.2. The molecule has 0 aromatic rings. The zero-order valence-corrected chi connectivity index (χ0v) is 13.5. The number of nitrogens with zero attached hydrogens (tertiary/aromatic N) is 1. The largest absolute Gasteiger partial charge is 0.480 e. The molecule has 1 heterocycles. The number of rotatable bonds is 2. The highest BCUT2D eigenvalue weighted by atomic mass is 16.4. The number of carboxylic acids is 1. The first-order valence-electron chi connectivity index (χ1n) is 7.86. The topological polar surface area (TPSA) is 52.6 Å². The van der Waals surface area contributed by atoms with E-state index < -0.39 is 11.5 Å². The highest BCUT2D eigenvalue weighted by Gasteiger charge is 2.54. The van der Waals surface area contributed by atoms with Crippen molar-refractivity contribution in [1.82, 2.24) is 10.2 Å². The zero-order valence-electron chi connectivity index (χ0n) is 13.5. The van der Waals surface area contributed by atoms with E-state index in [2.05, 4.69) is 37.9 Å². The summed E-state index contributed by atoms with van der Waals surface area (Å²) in [4.78, 5) is 14.4. The second kappa shape index (κ2) is 5.30. The fraction of sp³-hybridized carbons (Fsp3) is 0.938. The predicted octanol–water partition coefficient (Wildman–Crippen LogP) is 2.34. The third kappa shape index (κ3) is 3.17. The van der Waals surface area contributed by atoms with Gasteiger partial charge >= 0.3 is 5.97 Å². The molecule has 1 saturated carbocycles. The monoisotopic (exact) mass is 282 g/mol. The second-order valence-electron chi connectivity index (χ2n) is 8.29. The fourth-order valence-corrected chi connectivity index (χ4v) is 4.85. The lowest BCUT2D eigenvalue weighted by atomic mass is 9.58. The molecule has 4 nitrogen and oxygen atoms in total. The molecule has 2 rings (SSSR count). The van der Waals surface area contributed by atoms with E-state index in [1.54, 1.807) is 0 Å². The molecule has 0 atom stereocenters. The molecule has 0 unspecified atom stereocenters. The van der Waals surface area contributed by atoms with Crippen molar-refractivity contribution in [1.29, 1.82) is 0 Å². The number of nitrogens with one attached hydrogen (secondary N) is 1. The van der Waals surface area contributed by atoms with E-state index in [-0.39, 0.29) is 10.8 Å². The van der Waals surface area contributed by atoms with Crippen LogP contribution in [0.15, 0.2) is 0 Å². The van der Waals surface area contributed by atoms with Crippen molar-refractivity contribution in [2.45, 2.75) is 58.9 Å². The molecule has 20 heavy (non-hydrogen) atoms. The number of hydrogen-bond acceptors (Lipinski definition) is 3. The van der Waals surface area contributed by atoms with Gasteiger partial charge in [0.1, 0.15) is 5.54 Å². The second-order valence-corrected chi connectivity index (χ2v) is 8.29. The summed E-state index contributed by atoms with van der Waals surface area (Å²) in [6, 6.07) is 0. The molecule has 0 aromatic carbocycles. The first kappa shape index (κ1) is 15.8. The molecule has 116 valence electrons. The van der Waals surface area contributed by atoms with Crippen LogP contribution in [0.3, 0.4) is 0 Å². The van der Waals surface area contributed by atoms with Gasteiger partial charge in [0, 0.05) is 19.6 Å². The van der Waals surface area contributed by atoms with Gasteiger partial charge in [-0.2, -0.15) is 0 Å². The number of carboxylic acid groups (broad SMARTS) is 1. The SMILES string of the molecule is CC1(C)CC(C)(C)CC(C(=O)O)(N2CCCNCC2)C1. The maximum Gasteiger partial charge on any atom is 0.324 e. The summed E-state index contributed by atoms with van der Waals surface area (Å²) in [6.45, 7) is 12.5. The minimum absolute atomic E-state index is 0.0832. The first-order valence-corrected chi connectivity index (χ1v) is 7.86. The van der Waals surface area contributed by atoms with Crippen LogP contribution >= 0.6 is 0 Å². The summed E-state index contributed by atoms with van der Waals surface area (Å²) in [5, 5.41) is 13.4. The van der Waals surface area contributed by atoms with E-state index in [1.807, 2.05) is 0 Å². The summed E-state index contributed by atoms with van der Waals surface area (Å²) >= 11 is 0. The van der Waals surface area contributed by atoms with Crippen LogP contribution in [-0.4, -0.2) is 47.7 Å². The first-order chi connectivity index (χ1) is 9.17. The van der Waals surface area contributed by atoms with Gasteiger partial charge in [0.2, 0.25) is 0 Å². The van der Waals surface area contributed by atoms with Crippen molar-refractivity contribution >= 4 is 5.97 Å². The Morgan fingerprint density at radius 1 is 1.00 bits per heavy atom. The van der Waals surface area contributed by atoms with Gasteiger partial charge in [0.25, 0.3) is 0 Å². The molecule has 1 aliphatic heterocycles. The fourth-order valence-electron chi connectivity index (χ4n) is 4.85. The van der Waals surface area contributed by atoms with Crippen molar-refractivity contribution in [2.75, 3.05) is 26.2 Å². The highest BCUT2D eigenvalue weighted by Crippen LogP contribution is 2.52. The zero-order chi connectivity index (χ0) is 15.0. The summed E-state index contributed by atoms with van der Waals surface area (Å²) < 4.78 is 0. The van der Waals surface area contributed by atoms with Gasteiger partial charge in [0.15, 0.2) is 0 Å². The van der Waals surface area contributed by atoms with Gasteiger partial charge in [-0.05, 0) is 43.1 Å². The van der Waals surface area contributed by atoms with E-state index in [0.29, 0.717) is 0 Å². The minimum atomic E-state index is -0.683. The van der Waals surface area contributed by atoms with Crippen molar-refractivity contribution in [2.24, 2.45) is 10.8 Å². The molecule has 0 amide bonds. The molecular formula is C16H30N2O2. The summed E-state index contributed by atoms with van der Waals surface area (Å²) in [7, 11) is 0. The minimum Gasteiger partial charge on any atom is -0.480 e. The van der Waals surface area contributed by atoms with Crippen LogP contribution < -0.4 is 5.32 Å². The number of carbonyl (C=O) groups is 1. The van der Waals surface area contributed by atoms with Crippen molar-refractivity contribution in [3.8, 4) is 0 Å². The molecule has 1 saturated heterocycles. The predicted molar refractivity (Wildman–Crippen MR) is 80.8 cm³/mol. The summed E-state index contributed by atoms with van der Waals surface area (Å²) in [5.41, 5.74) is -0.517. The van der Waals surface area contributed by atoms with Crippen molar-refractivity contribution in [3.63, 3.8) is 0 Å². The standard InChI is InChI=1S/C16H30N2O2/c1-14(2)10-15(3,4)12-16(11-14,13(19)20)18-8-5-6-17-7-9-18/h17H,5-12H2,1-4H3,(H,19,20). The third-order valence-electron chi connectivity index (χ3n) is 4.84. The Hall–Kier alpha value is -0.610. The lowest BCUT2D eigenvalue weighted by Crippen LogP contribution is -2.62. The van der Waals surface area contributed by atoms with Gasteiger partial charge in [0.05, 0.1) is 0 Å². The Kier molecular flexibility index (Phi) is 4.18. The molecule has 2 fully saturated rings. The molecule has 4 heteroatoms. The van der Waals surface area contributed by atoms with E-state index in [9.17, 15) is 9.90 Å². The average Bonchev–Trinajstić information content (AvgIpc) is 2.52. The summed E-state index contributed by atoms with van der Waals surface area (Å²) in [6.07, 6.45) is 3.66.